The summed E-state index contributed by atoms with van der Waals surface area (Å²) in [5, 5.41) is 3.14. The normalized spacial score (nSPS) is 13.7. The molecule has 0 spiro atoms. The van der Waals surface area contributed by atoms with Crippen molar-refractivity contribution in [1.82, 2.24) is 4.90 Å². The molecule has 0 aromatic heterocycles. The van der Waals surface area contributed by atoms with Crippen molar-refractivity contribution in [2.45, 2.75) is 57.3 Å². The van der Waals surface area contributed by atoms with Crippen molar-refractivity contribution in [2.24, 2.45) is 5.92 Å². The van der Waals surface area contributed by atoms with Gasteiger partial charge in [0.2, 0.25) is 0 Å². The van der Waals surface area contributed by atoms with Crippen LogP contribution in [0.2, 0.25) is 5.02 Å². The number of rotatable bonds is 12. The Morgan fingerprint density at radius 2 is 1.51 bits per heavy atom. The molecule has 0 unspecified atom stereocenters. The van der Waals surface area contributed by atoms with Crippen molar-refractivity contribution in [1.29, 1.82) is 0 Å². The number of nitrogens with zero attached hydrogens (tertiary/aromatic N) is 2. The van der Waals surface area contributed by atoms with Crippen LogP contribution in [-0.2, 0) is 37.4 Å². The van der Waals surface area contributed by atoms with E-state index in [0.717, 1.165) is 5.56 Å². The van der Waals surface area contributed by atoms with Crippen LogP contribution in [0.3, 0.4) is 0 Å². The molecule has 1 amide bonds. The van der Waals surface area contributed by atoms with Gasteiger partial charge in [0.05, 0.1) is 22.9 Å². The lowest BCUT2D eigenvalue weighted by Crippen LogP contribution is -2.43. The minimum atomic E-state index is -4.13. The topological polar surface area (TPSA) is 122 Å². The lowest BCUT2D eigenvalue weighted by molar-refractivity contribution is -0.142. The Morgan fingerprint density at radius 3 is 2.22 bits per heavy atom. The first-order valence-corrected chi connectivity index (χ1v) is 18.5. The number of esters is 1. The van der Waals surface area contributed by atoms with Crippen LogP contribution in [0.25, 0.3) is 0 Å². The monoisotopic (exact) mass is 731 g/mol. The van der Waals surface area contributed by atoms with E-state index in [1.54, 1.807) is 65.6 Å². The Hall–Kier alpha value is -4.87. The number of carbonyl (C=O) groups excluding carboxylic acids is 3. The molecule has 268 valence electrons. The van der Waals surface area contributed by atoms with Gasteiger partial charge in [0.25, 0.3) is 10.0 Å². The number of anilines is 2. The number of benzene rings is 4. The number of amides is 1. The molecule has 1 heterocycles. The lowest BCUT2D eigenvalue weighted by atomic mass is 9.88. The van der Waals surface area contributed by atoms with Gasteiger partial charge in [-0.3, -0.25) is 13.9 Å². The largest absolute Gasteiger partial charge is 0.460 e. The Bertz CT molecular complexity index is 1960. The van der Waals surface area contributed by atoms with E-state index in [1.165, 1.54) is 16.4 Å². The minimum Gasteiger partial charge on any atom is -0.460 e. The summed E-state index contributed by atoms with van der Waals surface area (Å²) < 4.78 is 40.4. The summed E-state index contributed by atoms with van der Waals surface area (Å²) in [6.45, 7) is 6.07. The molecule has 0 saturated carbocycles. The molecular weight excluding hydrogens is 690 g/mol. The summed E-state index contributed by atoms with van der Waals surface area (Å²) >= 11 is 6.35. The number of para-hydroxylation sites is 2. The molecule has 12 heteroatoms. The number of sulfonamides is 1. The van der Waals surface area contributed by atoms with Gasteiger partial charge in [-0.1, -0.05) is 84.4 Å². The number of halogens is 1. The number of likely N-dealkylation sites (tertiary alicyclic amines) is 1. The highest BCUT2D eigenvalue weighted by Crippen LogP contribution is 2.34. The van der Waals surface area contributed by atoms with Gasteiger partial charge in [-0.15, -0.1) is 0 Å². The molecule has 0 radical (unpaired) electrons. The first-order valence-electron chi connectivity index (χ1n) is 16.7. The van der Waals surface area contributed by atoms with E-state index in [9.17, 15) is 22.8 Å². The molecule has 4 aromatic carbocycles. The second-order valence-electron chi connectivity index (χ2n) is 13.3. The van der Waals surface area contributed by atoms with Crippen molar-refractivity contribution in [3.05, 3.63) is 125 Å². The van der Waals surface area contributed by atoms with Crippen LogP contribution < -0.4 is 9.62 Å². The second-order valence-corrected chi connectivity index (χ2v) is 15.5. The third-order valence-electron chi connectivity index (χ3n) is 8.30. The molecular formula is C39H42ClN3O7S. The van der Waals surface area contributed by atoms with Crippen molar-refractivity contribution in [2.75, 3.05) is 29.3 Å². The van der Waals surface area contributed by atoms with Crippen LogP contribution in [0.4, 0.5) is 16.2 Å². The van der Waals surface area contributed by atoms with Crippen LogP contribution >= 0.6 is 11.6 Å². The highest BCUT2D eigenvalue weighted by atomic mass is 35.5. The van der Waals surface area contributed by atoms with E-state index < -0.39 is 21.6 Å². The number of piperidine rings is 1. The third kappa shape index (κ3) is 9.89. The molecule has 0 bridgehead atoms. The summed E-state index contributed by atoms with van der Waals surface area (Å²) in [6.07, 6.45) is 0.696. The van der Waals surface area contributed by atoms with E-state index >= 15 is 0 Å². The highest BCUT2D eigenvalue weighted by Gasteiger charge is 2.31. The van der Waals surface area contributed by atoms with E-state index in [2.05, 4.69) is 5.32 Å². The maximum absolute atomic E-state index is 14.0. The fraction of sp³-hybridized carbons (Fsp3) is 0.308. The maximum Gasteiger partial charge on any atom is 0.410 e. The highest BCUT2D eigenvalue weighted by molar-refractivity contribution is 7.93. The average molecular weight is 732 g/mol. The zero-order chi connectivity index (χ0) is 36.6. The fourth-order valence-corrected chi connectivity index (χ4v) is 7.71. The average Bonchev–Trinajstić information content (AvgIpc) is 3.12. The van der Waals surface area contributed by atoms with Crippen molar-refractivity contribution in [3.8, 4) is 0 Å². The Kier molecular flexibility index (Phi) is 12.0. The summed E-state index contributed by atoms with van der Waals surface area (Å²) in [5.74, 6) is -0.814. The SMILES string of the molecule is CC(C)(C)OC(=O)N1CCC(C(=O)c2cccc(COC(=O)CNc3ccccc3N(Cc3ccccc3)S(=O)(=O)c3ccccc3Cl)c2)CC1. The van der Waals surface area contributed by atoms with Crippen molar-refractivity contribution < 1.29 is 32.3 Å². The zero-order valence-corrected chi connectivity index (χ0v) is 30.5. The molecule has 4 aromatic rings. The number of hydrogen-bond donors (Lipinski definition) is 1. The van der Waals surface area contributed by atoms with Crippen molar-refractivity contribution >= 4 is 50.8 Å². The molecule has 10 nitrogen and oxygen atoms in total. The van der Waals surface area contributed by atoms with Crippen molar-refractivity contribution in [3.63, 3.8) is 0 Å². The minimum absolute atomic E-state index is 0.0166. The third-order valence-corrected chi connectivity index (χ3v) is 10.6. The number of nitrogens with one attached hydrogen (secondary N) is 1. The summed E-state index contributed by atoms with van der Waals surface area (Å²) in [6, 6.07) is 29.2. The van der Waals surface area contributed by atoms with Crippen LogP contribution in [0.1, 0.15) is 55.1 Å². The van der Waals surface area contributed by atoms with E-state index in [1.807, 2.05) is 51.1 Å². The molecule has 1 aliphatic heterocycles. The van der Waals surface area contributed by atoms with Gasteiger partial charge in [0.1, 0.15) is 23.6 Å². The molecule has 1 fully saturated rings. The zero-order valence-electron chi connectivity index (χ0n) is 28.9. The molecule has 1 aliphatic rings. The van der Waals surface area contributed by atoms with E-state index in [4.69, 9.17) is 21.1 Å². The van der Waals surface area contributed by atoms with Gasteiger partial charge < -0.3 is 19.7 Å². The second kappa shape index (κ2) is 16.4. The summed E-state index contributed by atoms with van der Waals surface area (Å²) in [7, 11) is -4.13. The number of hydrogen-bond acceptors (Lipinski definition) is 8. The number of Topliss-reactive ketones (excluding diaryl/α,β-unsaturated/α-hetero) is 1. The standard InChI is InChI=1S/C39H42ClN3O7S/c1-39(2,3)50-38(46)42-22-20-30(21-23-42)37(45)31-15-11-14-29(24-31)27-49-36(44)25-41-33-17-8-9-18-34(33)43(26-28-12-5-4-6-13-28)51(47,48)35-19-10-7-16-32(35)40/h4-19,24,30,41H,20-23,25-27H2,1-3H3. The van der Waals surface area contributed by atoms with Gasteiger partial charge in [-0.2, -0.15) is 0 Å². The molecule has 0 atom stereocenters. The molecule has 0 aliphatic carbocycles. The van der Waals surface area contributed by atoms with Gasteiger partial charge in [0.15, 0.2) is 5.78 Å². The predicted molar refractivity (Wildman–Crippen MR) is 197 cm³/mol. The molecule has 1 N–H and O–H groups in total. The van der Waals surface area contributed by atoms with Gasteiger partial charge in [-0.25, -0.2) is 13.2 Å². The first-order chi connectivity index (χ1) is 24.3. The van der Waals surface area contributed by atoms with Crippen LogP contribution in [0, 0.1) is 5.92 Å². The van der Waals surface area contributed by atoms with E-state index in [-0.39, 0.29) is 47.4 Å². The number of ether oxygens (including phenoxy) is 2. The van der Waals surface area contributed by atoms with Gasteiger partial charge in [0, 0.05) is 24.6 Å². The predicted octanol–water partition coefficient (Wildman–Crippen LogP) is 7.72. The van der Waals surface area contributed by atoms with Gasteiger partial charge in [-0.05, 0) is 75.1 Å². The summed E-state index contributed by atoms with van der Waals surface area (Å²) in [5.41, 5.74) is 2.09. The molecule has 1 saturated heterocycles. The van der Waals surface area contributed by atoms with Gasteiger partial charge >= 0.3 is 12.1 Å². The maximum atomic E-state index is 14.0. The molecule has 51 heavy (non-hydrogen) atoms. The first kappa shape index (κ1) is 37.4. The lowest BCUT2D eigenvalue weighted by Gasteiger charge is -2.33. The van der Waals surface area contributed by atoms with E-state index in [0.29, 0.717) is 48.4 Å². The fourth-order valence-electron chi connectivity index (χ4n) is 5.75. The van der Waals surface area contributed by atoms with Crippen LogP contribution in [0.5, 0.6) is 0 Å². The Labute approximate surface area is 304 Å². The molecule has 5 rings (SSSR count). The smallest absolute Gasteiger partial charge is 0.410 e. The Morgan fingerprint density at radius 1 is 0.863 bits per heavy atom. The quantitative estimate of drug-likeness (QED) is 0.116. The summed E-state index contributed by atoms with van der Waals surface area (Å²) in [4.78, 5) is 40.3. The number of carbonyl (C=O) groups is 3. The van der Waals surface area contributed by atoms with Crippen LogP contribution in [-0.4, -0.2) is 56.4 Å². The Balaban J connectivity index is 1.22. The van der Waals surface area contributed by atoms with Crippen LogP contribution in [0.15, 0.2) is 108 Å². The number of ketones is 1.